The van der Waals surface area contributed by atoms with Crippen LogP contribution in [0.3, 0.4) is 0 Å². The van der Waals surface area contributed by atoms with Crippen LogP contribution in [0.4, 0.5) is 5.69 Å². The Hall–Kier alpha value is -2.58. The normalized spacial score (nSPS) is 12.2. The fourth-order valence-electron chi connectivity index (χ4n) is 3.13. The van der Waals surface area contributed by atoms with Crippen LogP contribution in [0.15, 0.2) is 84.9 Å². The van der Waals surface area contributed by atoms with Gasteiger partial charge in [0.25, 0.3) is 0 Å². The third-order valence-corrected chi connectivity index (χ3v) is 4.59. The van der Waals surface area contributed by atoms with Crippen LogP contribution in [0.25, 0.3) is 0 Å². The number of benzene rings is 3. The molecule has 0 amide bonds. The lowest BCUT2D eigenvalue weighted by atomic mass is 10.0. The van der Waals surface area contributed by atoms with Crippen LogP contribution in [0, 0.1) is 0 Å². The lowest BCUT2D eigenvalue weighted by Gasteiger charge is -2.29. The summed E-state index contributed by atoms with van der Waals surface area (Å²) in [5.41, 5.74) is 10.7. The summed E-state index contributed by atoms with van der Waals surface area (Å²) in [4.78, 5) is 2.54. The molecule has 0 saturated carbocycles. The summed E-state index contributed by atoms with van der Waals surface area (Å²) in [6.45, 7) is 4.21. The Morgan fingerprint density at radius 3 is 1.64 bits per heavy atom. The largest absolute Gasteiger partial charge is 0.399 e. The van der Waals surface area contributed by atoms with Gasteiger partial charge in [0.15, 0.2) is 0 Å². The molecule has 0 aliphatic heterocycles. The summed E-state index contributed by atoms with van der Waals surface area (Å²) >= 11 is 0. The van der Waals surface area contributed by atoms with Gasteiger partial charge in [-0.15, -0.1) is 0 Å². The molecule has 2 N–H and O–H groups in total. The minimum Gasteiger partial charge on any atom is -0.399 e. The average molecular weight is 330 g/mol. The van der Waals surface area contributed by atoms with Crippen LogP contribution >= 0.6 is 0 Å². The zero-order valence-electron chi connectivity index (χ0n) is 14.8. The molecule has 0 bridgehead atoms. The topological polar surface area (TPSA) is 29.3 Å². The highest BCUT2D eigenvalue weighted by Gasteiger charge is 2.15. The highest BCUT2D eigenvalue weighted by Crippen LogP contribution is 2.17. The lowest BCUT2D eigenvalue weighted by Crippen LogP contribution is -2.33. The zero-order valence-corrected chi connectivity index (χ0v) is 14.8. The molecule has 1 atom stereocenters. The summed E-state index contributed by atoms with van der Waals surface area (Å²) in [7, 11) is 0. The molecule has 0 aromatic heterocycles. The highest BCUT2D eigenvalue weighted by atomic mass is 15.1. The second-order valence-electron chi connectivity index (χ2n) is 6.67. The maximum absolute atomic E-state index is 5.81. The summed E-state index contributed by atoms with van der Waals surface area (Å²) in [5, 5.41) is 0. The molecule has 3 aromatic carbocycles. The van der Waals surface area contributed by atoms with E-state index >= 15 is 0 Å². The molecule has 0 radical (unpaired) electrons. The molecule has 2 heteroatoms. The quantitative estimate of drug-likeness (QED) is 0.624. The molecule has 2 nitrogen and oxygen atoms in total. The van der Waals surface area contributed by atoms with E-state index in [1.54, 1.807) is 0 Å². The Bertz CT molecular complexity index is 710. The first kappa shape index (κ1) is 17.2. The van der Waals surface area contributed by atoms with Gasteiger partial charge in [0.2, 0.25) is 0 Å². The van der Waals surface area contributed by atoms with Crippen LogP contribution in [0.1, 0.15) is 23.6 Å². The predicted octanol–water partition coefficient (Wildman–Crippen LogP) is 4.90. The Balaban J connectivity index is 1.75. The van der Waals surface area contributed by atoms with Crippen molar-refractivity contribution in [2.75, 3.05) is 5.73 Å². The number of nitrogens with zero attached hydrogens (tertiary/aromatic N) is 1. The number of hydrogen-bond acceptors (Lipinski definition) is 2. The summed E-state index contributed by atoms with van der Waals surface area (Å²) in [5.74, 6) is 0. The second kappa shape index (κ2) is 8.50. The molecule has 0 aliphatic carbocycles. The van der Waals surface area contributed by atoms with Gasteiger partial charge in [-0.3, -0.25) is 4.90 Å². The van der Waals surface area contributed by atoms with Crippen molar-refractivity contribution in [1.29, 1.82) is 0 Å². The number of anilines is 1. The fraction of sp³-hybridized carbons (Fsp3) is 0.217. The molecular weight excluding hydrogens is 304 g/mol. The van der Waals surface area contributed by atoms with Crippen LogP contribution in [-0.4, -0.2) is 10.9 Å². The van der Waals surface area contributed by atoms with E-state index in [2.05, 4.69) is 84.6 Å². The van der Waals surface area contributed by atoms with Crippen molar-refractivity contribution in [2.45, 2.75) is 32.5 Å². The third-order valence-electron chi connectivity index (χ3n) is 4.59. The zero-order chi connectivity index (χ0) is 17.5. The molecule has 128 valence electrons. The van der Waals surface area contributed by atoms with Crippen molar-refractivity contribution in [3.05, 3.63) is 102 Å². The Morgan fingerprint density at radius 2 is 1.16 bits per heavy atom. The summed E-state index contributed by atoms with van der Waals surface area (Å²) in [6.07, 6.45) is 1.01. The minimum atomic E-state index is 0.434. The molecule has 0 spiro atoms. The molecule has 3 rings (SSSR count). The number of rotatable bonds is 7. The lowest BCUT2D eigenvalue weighted by molar-refractivity contribution is 0.189. The first-order chi connectivity index (χ1) is 12.2. The molecular formula is C23H26N2. The molecule has 0 aliphatic rings. The minimum absolute atomic E-state index is 0.434. The maximum Gasteiger partial charge on any atom is 0.0314 e. The van der Waals surface area contributed by atoms with Crippen LogP contribution in [-0.2, 0) is 19.5 Å². The van der Waals surface area contributed by atoms with E-state index in [-0.39, 0.29) is 0 Å². The number of nitrogen functional groups attached to an aromatic ring is 1. The van der Waals surface area contributed by atoms with E-state index in [1.807, 2.05) is 12.1 Å². The van der Waals surface area contributed by atoms with Crippen LogP contribution < -0.4 is 5.73 Å². The Labute approximate surface area is 150 Å². The highest BCUT2D eigenvalue weighted by molar-refractivity contribution is 5.39. The smallest absolute Gasteiger partial charge is 0.0314 e. The monoisotopic (exact) mass is 330 g/mol. The van der Waals surface area contributed by atoms with E-state index < -0.39 is 0 Å². The van der Waals surface area contributed by atoms with Crippen LogP contribution in [0.5, 0.6) is 0 Å². The molecule has 0 fully saturated rings. The van der Waals surface area contributed by atoms with E-state index in [1.165, 1.54) is 16.7 Å². The van der Waals surface area contributed by atoms with Gasteiger partial charge in [0, 0.05) is 24.8 Å². The predicted molar refractivity (Wildman–Crippen MR) is 106 cm³/mol. The molecule has 1 unspecified atom stereocenters. The summed E-state index contributed by atoms with van der Waals surface area (Å²) < 4.78 is 0. The van der Waals surface area contributed by atoms with Gasteiger partial charge >= 0.3 is 0 Å². The van der Waals surface area contributed by atoms with E-state index in [4.69, 9.17) is 5.73 Å². The number of nitrogens with two attached hydrogens (primary N) is 1. The Kier molecular flexibility index (Phi) is 5.86. The standard InChI is InChI=1S/C23H26N2/c1-19(16-20-12-14-23(24)15-13-20)25(17-21-8-4-2-5-9-21)18-22-10-6-3-7-11-22/h2-15,19H,16-18,24H2,1H3. The first-order valence-corrected chi connectivity index (χ1v) is 8.87. The van der Waals surface area contributed by atoms with Gasteiger partial charge in [-0.1, -0.05) is 72.8 Å². The van der Waals surface area contributed by atoms with Gasteiger partial charge in [-0.05, 0) is 42.2 Å². The van der Waals surface area contributed by atoms with Crippen molar-refractivity contribution in [3.8, 4) is 0 Å². The van der Waals surface area contributed by atoms with Gasteiger partial charge in [-0.2, -0.15) is 0 Å². The second-order valence-corrected chi connectivity index (χ2v) is 6.67. The van der Waals surface area contributed by atoms with Crippen LogP contribution in [0.2, 0.25) is 0 Å². The van der Waals surface area contributed by atoms with E-state index in [9.17, 15) is 0 Å². The SMILES string of the molecule is CC(Cc1ccc(N)cc1)N(Cc1ccccc1)Cc1ccccc1. The first-order valence-electron chi connectivity index (χ1n) is 8.87. The van der Waals surface area contributed by atoms with Crippen molar-refractivity contribution in [2.24, 2.45) is 0 Å². The Morgan fingerprint density at radius 1 is 0.680 bits per heavy atom. The van der Waals surface area contributed by atoms with Gasteiger partial charge < -0.3 is 5.73 Å². The average Bonchev–Trinajstić information content (AvgIpc) is 2.65. The van der Waals surface area contributed by atoms with Crippen molar-refractivity contribution < 1.29 is 0 Å². The summed E-state index contributed by atoms with van der Waals surface area (Å²) in [6, 6.07) is 30.1. The van der Waals surface area contributed by atoms with Crippen molar-refractivity contribution in [1.82, 2.24) is 4.90 Å². The van der Waals surface area contributed by atoms with Crippen molar-refractivity contribution in [3.63, 3.8) is 0 Å². The third kappa shape index (κ3) is 5.20. The van der Waals surface area contributed by atoms with Gasteiger partial charge in [-0.25, -0.2) is 0 Å². The van der Waals surface area contributed by atoms with Gasteiger partial charge in [0.1, 0.15) is 0 Å². The van der Waals surface area contributed by atoms with Crippen molar-refractivity contribution >= 4 is 5.69 Å². The van der Waals surface area contributed by atoms with E-state index in [0.717, 1.165) is 25.2 Å². The van der Waals surface area contributed by atoms with Gasteiger partial charge in [0.05, 0.1) is 0 Å². The maximum atomic E-state index is 5.81. The molecule has 25 heavy (non-hydrogen) atoms. The molecule has 0 heterocycles. The molecule has 0 saturated heterocycles. The van der Waals surface area contributed by atoms with E-state index in [0.29, 0.717) is 6.04 Å². The number of hydrogen-bond donors (Lipinski definition) is 1. The fourth-order valence-corrected chi connectivity index (χ4v) is 3.13. The molecule has 3 aromatic rings.